The quantitative estimate of drug-likeness (QED) is 0.714. The van der Waals surface area contributed by atoms with Crippen LogP contribution in [0.25, 0.3) is 0 Å². The van der Waals surface area contributed by atoms with Crippen LogP contribution in [0.4, 0.5) is 0 Å². The Morgan fingerprint density at radius 3 is 2.79 bits per heavy atom. The molecule has 2 rings (SSSR count). The Hall–Kier alpha value is -1.89. The summed E-state index contributed by atoms with van der Waals surface area (Å²) in [7, 11) is 1.52. The third kappa shape index (κ3) is 5.06. The average molecular weight is 336 g/mol. The molecule has 0 saturated carbocycles. The number of rotatable bonds is 8. The Balaban J connectivity index is 1.64. The molecule has 1 aliphatic heterocycles. The smallest absolute Gasteiger partial charge is 0.248 e. The van der Waals surface area contributed by atoms with E-state index in [9.17, 15) is 9.59 Å². The van der Waals surface area contributed by atoms with Crippen LogP contribution in [0, 0.1) is 5.92 Å². The second-order valence-corrected chi connectivity index (χ2v) is 6.12. The first-order chi connectivity index (χ1) is 11.7. The van der Waals surface area contributed by atoms with Crippen molar-refractivity contribution in [2.75, 3.05) is 33.4 Å². The molecule has 2 heterocycles. The monoisotopic (exact) mass is 336 g/mol. The van der Waals surface area contributed by atoms with Crippen molar-refractivity contribution in [3.05, 3.63) is 18.2 Å². The number of aryl methyl sites for hydroxylation is 2. The number of methoxy groups -OCH3 is 1. The van der Waals surface area contributed by atoms with Crippen molar-refractivity contribution >= 4 is 11.8 Å². The van der Waals surface area contributed by atoms with E-state index in [0.29, 0.717) is 19.6 Å². The molecule has 1 fully saturated rings. The number of piperidine rings is 1. The van der Waals surface area contributed by atoms with Gasteiger partial charge < -0.3 is 19.5 Å². The zero-order valence-electron chi connectivity index (χ0n) is 14.7. The topological polar surface area (TPSA) is 76.5 Å². The zero-order valence-corrected chi connectivity index (χ0v) is 14.7. The number of likely N-dealkylation sites (tertiary alicyclic amines) is 1. The predicted molar refractivity (Wildman–Crippen MR) is 90.4 cm³/mol. The third-order valence-corrected chi connectivity index (χ3v) is 4.48. The molecule has 24 heavy (non-hydrogen) atoms. The lowest BCUT2D eigenvalue weighted by Crippen LogP contribution is -2.44. The van der Waals surface area contributed by atoms with Crippen molar-refractivity contribution in [2.45, 2.75) is 39.2 Å². The molecular weight excluding hydrogens is 308 g/mol. The SMILES string of the molecule is CCc1nccn1CCCNC(=O)C1CCN(C(=O)COC)CC1. The van der Waals surface area contributed by atoms with Gasteiger partial charge in [-0.2, -0.15) is 0 Å². The van der Waals surface area contributed by atoms with Crippen molar-refractivity contribution < 1.29 is 14.3 Å². The molecule has 7 nitrogen and oxygen atoms in total. The maximum Gasteiger partial charge on any atom is 0.248 e. The molecule has 0 aliphatic carbocycles. The highest BCUT2D eigenvalue weighted by Crippen LogP contribution is 2.17. The molecule has 0 atom stereocenters. The molecule has 0 bridgehead atoms. The van der Waals surface area contributed by atoms with Gasteiger partial charge in [0.25, 0.3) is 0 Å². The first-order valence-corrected chi connectivity index (χ1v) is 8.70. The molecule has 134 valence electrons. The Labute approximate surface area is 143 Å². The lowest BCUT2D eigenvalue weighted by molar-refractivity contribution is -0.138. The molecule has 2 amide bonds. The molecule has 0 spiro atoms. The number of imidazole rings is 1. The van der Waals surface area contributed by atoms with Crippen molar-refractivity contribution in [3.8, 4) is 0 Å². The fourth-order valence-corrected chi connectivity index (χ4v) is 3.07. The summed E-state index contributed by atoms with van der Waals surface area (Å²) >= 11 is 0. The molecule has 0 unspecified atom stereocenters. The molecule has 0 aromatic carbocycles. The fraction of sp³-hybridized carbons (Fsp3) is 0.706. The van der Waals surface area contributed by atoms with Crippen LogP contribution < -0.4 is 5.32 Å². The first kappa shape index (κ1) is 18.4. The van der Waals surface area contributed by atoms with E-state index in [1.54, 1.807) is 4.90 Å². The minimum atomic E-state index is 0.00317. The van der Waals surface area contributed by atoms with Gasteiger partial charge in [-0.05, 0) is 19.3 Å². The van der Waals surface area contributed by atoms with E-state index in [1.807, 2.05) is 12.4 Å². The van der Waals surface area contributed by atoms with E-state index in [0.717, 1.165) is 38.1 Å². The Bertz CT molecular complexity index is 536. The number of hydrogen-bond acceptors (Lipinski definition) is 4. The van der Waals surface area contributed by atoms with Crippen LogP contribution in [0.3, 0.4) is 0 Å². The molecule has 1 saturated heterocycles. The van der Waals surface area contributed by atoms with Crippen LogP contribution in [0.2, 0.25) is 0 Å². The van der Waals surface area contributed by atoms with E-state index in [1.165, 1.54) is 7.11 Å². The van der Waals surface area contributed by atoms with E-state index in [2.05, 4.69) is 21.8 Å². The lowest BCUT2D eigenvalue weighted by atomic mass is 9.96. The molecule has 1 aromatic heterocycles. The minimum Gasteiger partial charge on any atom is -0.375 e. The van der Waals surface area contributed by atoms with E-state index < -0.39 is 0 Å². The maximum absolute atomic E-state index is 12.2. The van der Waals surface area contributed by atoms with Crippen molar-refractivity contribution in [3.63, 3.8) is 0 Å². The number of aromatic nitrogens is 2. The van der Waals surface area contributed by atoms with Crippen LogP contribution in [0.15, 0.2) is 12.4 Å². The lowest BCUT2D eigenvalue weighted by Gasteiger charge is -2.31. The summed E-state index contributed by atoms with van der Waals surface area (Å²) in [6.07, 6.45) is 7.05. The number of carbonyl (C=O) groups excluding carboxylic acids is 2. The summed E-state index contributed by atoms with van der Waals surface area (Å²) in [6, 6.07) is 0. The minimum absolute atomic E-state index is 0.00317. The second-order valence-electron chi connectivity index (χ2n) is 6.12. The zero-order chi connectivity index (χ0) is 17.4. The van der Waals surface area contributed by atoms with Gasteiger partial charge in [0.1, 0.15) is 12.4 Å². The standard InChI is InChI=1S/C17H28N4O3/c1-3-15-18-8-12-20(15)9-4-7-19-17(23)14-5-10-21(11-6-14)16(22)13-24-2/h8,12,14H,3-7,9-11,13H2,1-2H3,(H,19,23). The van der Waals surface area contributed by atoms with Gasteiger partial charge in [-0.3, -0.25) is 9.59 Å². The Morgan fingerprint density at radius 2 is 2.12 bits per heavy atom. The summed E-state index contributed by atoms with van der Waals surface area (Å²) in [5.74, 6) is 1.20. The van der Waals surface area contributed by atoms with Gasteiger partial charge in [0.15, 0.2) is 0 Å². The van der Waals surface area contributed by atoms with Crippen molar-refractivity contribution in [1.82, 2.24) is 19.8 Å². The third-order valence-electron chi connectivity index (χ3n) is 4.48. The number of amides is 2. The van der Waals surface area contributed by atoms with Gasteiger partial charge >= 0.3 is 0 Å². The summed E-state index contributed by atoms with van der Waals surface area (Å²) in [5, 5.41) is 3.02. The molecular formula is C17H28N4O3. The molecule has 1 aliphatic rings. The number of nitrogens with one attached hydrogen (secondary N) is 1. The van der Waals surface area contributed by atoms with Gasteiger partial charge in [-0.1, -0.05) is 6.92 Å². The first-order valence-electron chi connectivity index (χ1n) is 8.70. The average Bonchev–Trinajstić information content (AvgIpc) is 3.06. The van der Waals surface area contributed by atoms with Gasteiger partial charge in [-0.15, -0.1) is 0 Å². The largest absolute Gasteiger partial charge is 0.375 e. The van der Waals surface area contributed by atoms with Crippen LogP contribution in [0.1, 0.15) is 32.0 Å². The molecule has 0 radical (unpaired) electrons. The van der Waals surface area contributed by atoms with Gasteiger partial charge in [0, 0.05) is 58.0 Å². The normalized spacial score (nSPS) is 15.5. The number of carbonyl (C=O) groups is 2. The fourth-order valence-electron chi connectivity index (χ4n) is 3.07. The van der Waals surface area contributed by atoms with Crippen LogP contribution in [-0.4, -0.2) is 59.6 Å². The highest BCUT2D eigenvalue weighted by Gasteiger charge is 2.26. The van der Waals surface area contributed by atoms with Gasteiger partial charge in [0.2, 0.25) is 11.8 Å². The highest BCUT2D eigenvalue weighted by atomic mass is 16.5. The highest BCUT2D eigenvalue weighted by molar-refractivity contribution is 5.80. The second kappa shape index (κ2) is 9.42. The van der Waals surface area contributed by atoms with E-state index >= 15 is 0 Å². The Kier molecular flexibility index (Phi) is 7.24. The molecule has 1 aromatic rings. The predicted octanol–water partition coefficient (Wildman–Crippen LogP) is 0.837. The van der Waals surface area contributed by atoms with Crippen molar-refractivity contribution in [1.29, 1.82) is 0 Å². The summed E-state index contributed by atoms with van der Waals surface area (Å²) in [5.41, 5.74) is 0. The maximum atomic E-state index is 12.2. The summed E-state index contributed by atoms with van der Waals surface area (Å²) < 4.78 is 7.00. The summed E-state index contributed by atoms with van der Waals surface area (Å²) in [4.78, 5) is 30.0. The van der Waals surface area contributed by atoms with Crippen LogP contribution in [0.5, 0.6) is 0 Å². The van der Waals surface area contributed by atoms with Gasteiger partial charge in [-0.25, -0.2) is 4.98 Å². The van der Waals surface area contributed by atoms with Crippen LogP contribution >= 0.6 is 0 Å². The number of ether oxygens (including phenoxy) is 1. The van der Waals surface area contributed by atoms with E-state index in [-0.39, 0.29) is 24.3 Å². The number of hydrogen-bond donors (Lipinski definition) is 1. The van der Waals surface area contributed by atoms with Crippen LogP contribution in [-0.2, 0) is 27.3 Å². The summed E-state index contributed by atoms with van der Waals surface area (Å²) in [6.45, 7) is 5.01. The molecule has 1 N–H and O–H groups in total. The van der Waals surface area contributed by atoms with E-state index in [4.69, 9.17) is 4.74 Å². The number of nitrogens with zero attached hydrogens (tertiary/aromatic N) is 3. The van der Waals surface area contributed by atoms with Crippen molar-refractivity contribution in [2.24, 2.45) is 5.92 Å². The van der Waals surface area contributed by atoms with Gasteiger partial charge in [0.05, 0.1) is 0 Å². The Morgan fingerprint density at radius 1 is 1.38 bits per heavy atom. The molecule has 7 heteroatoms.